The number of pyridine rings is 1. The number of nitrogens with zero attached hydrogens (tertiary/aromatic N) is 4. The number of benzene rings is 1. The van der Waals surface area contributed by atoms with Crippen molar-refractivity contribution in [3.63, 3.8) is 0 Å². The van der Waals surface area contributed by atoms with E-state index >= 15 is 0 Å². The molecule has 0 saturated carbocycles. The first kappa shape index (κ1) is 18.5. The van der Waals surface area contributed by atoms with Gasteiger partial charge in [0, 0.05) is 44.1 Å². The monoisotopic (exact) mass is 361 g/mol. The zero-order valence-corrected chi connectivity index (χ0v) is 15.8. The molecular weight excluding hydrogens is 338 g/mol. The van der Waals surface area contributed by atoms with Crippen LogP contribution >= 0.6 is 0 Å². The quantitative estimate of drug-likeness (QED) is 0.728. The minimum atomic E-state index is -0.213. The molecule has 0 aliphatic carbocycles. The first-order valence-corrected chi connectivity index (χ1v) is 8.84. The first-order valence-electron chi connectivity index (χ1n) is 8.84. The van der Waals surface area contributed by atoms with Gasteiger partial charge in [-0.1, -0.05) is 12.1 Å². The fourth-order valence-corrected chi connectivity index (χ4v) is 2.66. The van der Waals surface area contributed by atoms with Crippen molar-refractivity contribution in [2.24, 2.45) is 0 Å². The van der Waals surface area contributed by atoms with Crippen LogP contribution in [0.2, 0.25) is 0 Å². The van der Waals surface area contributed by atoms with Crippen molar-refractivity contribution in [2.45, 2.75) is 20.3 Å². The average molecular weight is 361 g/mol. The van der Waals surface area contributed by atoms with Crippen LogP contribution in [0.3, 0.4) is 0 Å². The Balaban J connectivity index is 1.62. The molecule has 0 aliphatic heterocycles. The summed E-state index contributed by atoms with van der Waals surface area (Å²) >= 11 is 0. The summed E-state index contributed by atoms with van der Waals surface area (Å²) in [6.07, 6.45) is 7.57. The molecule has 1 N–H and O–H groups in total. The van der Waals surface area contributed by atoms with Crippen LogP contribution in [0.1, 0.15) is 27.0 Å². The molecule has 0 fully saturated rings. The van der Waals surface area contributed by atoms with Crippen molar-refractivity contribution >= 4 is 17.5 Å². The Kier molecular flexibility index (Phi) is 5.76. The van der Waals surface area contributed by atoms with E-state index in [1.165, 1.54) is 5.56 Å². The van der Waals surface area contributed by atoms with E-state index in [4.69, 9.17) is 0 Å². The van der Waals surface area contributed by atoms with Crippen molar-refractivity contribution in [1.82, 2.24) is 15.0 Å². The maximum atomic E-state index is 12.5. The van der Waals surface area contributed by atoms with Crippen molar-refractivity contribution < 1.29 is 4.79 Å². The van der Waals surface area contributed by atoms with Gasteiger partial charge in [-0.3, -0.25) is 9.78 Å². The van der Waals surface area contributed by atoms with Crippen LogP contribution in [-0.2, 0) is 6.42 Å². The van der Waals surface area contributed by atoms with E-state index in [0.717, 1.165) is 29.8 Å². The number of aromatic nitrogens is 3. The zero-order valence-electron chi connectivity index (χ0n) is 15.8. The highest BCUT2D eigenvalue weighted by Gasteiger charge is 2.11. The Hall–Kier alpha value is -3.28. The van der Waals surface area contributed by atoms with E-state index in [2.05, 4.69) is 20.3 Å². The van der Waals surface area contributed by atoms with E-state index in [1.807, 2.05) is 56.1 Å². The Bertz CT molecular complexity index is 910. The lowest BCUT2D eigenvalue weighted by Crippen LogP contribution is -2.23. The summed E-state index contributed by atoms with van der Waals surface area (Å²) in [5.74, 6) is 0.377. The van der Waals surface area contributed by atoms with E-state index in [-0.39, 0.29) is 5.91 Å². The van der Waals surface area contributed by atoms with E-state index in [9.17, 15) is 4.79 Å². The topological polar surface area (TPSA) is 71.0 Å². The molecule has 0 bridgehead atoms. The summed E-state index contributed by atoms with van der Waals surface area (Å²) < 4.78 is 0. The maximum absolute atomic E-state index is 12.5. The molecule has 6 nitrogen and oxygen atoms in total. The summed E-state index contributed by atoms with van der Waals surface area (Å²) in [6, 6.07) is 9.83. The standard InChI is InChI=1S/C21H23N5O/c1-15-5-4-6-19(16(15)2)25-20(27)18-13-23-21(24-14-18)26(3)12-9-17-7-10-22-11-8-17/h4-8,10-11,13-14H,9,12H2,1-3H3,(H,25,27). The number of likely N-dealkylation sites (N-methyl/N-ethyl adjacent to an activating group) is 1. The van der Waals surface area contributed by atoms with Crippen molar-refractivity contribution in [2.75, 3.05) is 23.8 Å². The number of carbonyl (C=O) groups is 1. The smallest absolute Gasteiger partial charge is 0.258 e. The molecule has 0 atom stereocenters. The van der Waals surface area contributed by atoms with Gasteiger partial charge in [0.2, 0.25) is 5.95 Å². The second-order valence-electron chi connectivity index (χ2n) is 6.50. The minimum Gasteiger partial charge on any atom is -0.344 e. The van der Waals surface area contributed by atoms with Gasteiger partial charge in [-0.25, -0.2) is 9.97 Å². The summed E-state index contributed by atoms with van der Waals surface area (Å²) in [5, 5.41) is 2.92. The lowest BCUT2D eigenvalue weighted by Gasteiger charge is -2.17. The maximum Gasteiger partial charge on any atom is 0.258 e. The second-order valence-corrected chi connectivity index (χ2v) is 6.50. The lowest BCUT2D eigenvalue weighted by molar-refractivity contribution is 0.102. The molecule has 0 radical (unpaired) electrons. The van der Waals surface area contributed by atoms with Gasteiger partial charge in [-0.2, -0.15) is 0 Å². The number of anilines is 2. The number of carbonyl (C=O) groups excluding carboxylic acids is 1. The predicted molar refractivity (Wildman–Crippen MR) is 107 cm³/mol. The van der Waals surface area contributed by atoms with E-state index in [1.54, 1.807) is 24.8 Å². The van der Waals surface area contributed by atoms with Crippen molar-refractivity contribution in [3.8, 4) is 0 Å². The van der Waals surface area contributed by atoms with Gasteiger partial charge in [0.25, 0.3) is 5.91 Å². The fourth-order valence-electron chi connectivity index (χ4n) is 2.66. The number of nitrogens with one attached hydrogen (secondary N) is 1. The Labute approximate surface area is 159 Å². The molecular formula is C21H23N5O. The van der Waals surface area contributed by atoms with E-state index < -0.39 is 0 Å². The normalized spacial score (nSPS) is 10.5. The number of amides is 1. The van der Waals surface area contributed by atoms with Gasteiger partial charge >= 0.3 is 0 Å². The zero-order chi connectivity index (χ0) is 19.2. The molecule has 6 heteroatoms. The molecule has 0 unspecified atom stereocenters. The third kappa shape index (κ3) is 4.67. The molecule has 3 rings (SSSR count). The Morgan fingerprint density at radius 2 is 1.78 bits per heavy atom. The number of aryl methyl sites for hydroxylation is 1. The van der Waals surface area contributed by atoms with Crippen LogP contribution in [0.4, 0.5) is 11.6 Å². The highest BCUT2D eigenvalue weighted by Crippen LogP contribution is 2.19. The van der Waals surface area contributed by atoms with Gasteiger partial charge < -0.3 is 10.2 Å². The number of hydrogen-bond donors (Lipinski definition) is 1. The molecule has 3 aromatic rings. The third-order valence-corrected chi connectivity index (χ3v) is 4.58. The fraction of sp³-hybridized carbons (Fsp3) is 0.238. The summed E-state index contributed by atoms with van der Waals surface area (Å²) in [7, 11) is 1.94. The van der Waals surface area contributed by atoms with Crippen LogP contribution in [0.15, 0.2) is 55.1 Å². The van der Waals surface area contributed by atoms with Crippen LogP contribution in [0, 0.1) is 13.8 Å². The van der Waals surface area contributed by atoms with Crippen LogP contribution < -0.4 is 10.2 Å². The van der Waals surface area contributed by atoms with Gasteiger partial charge in [0.15, 0.2) is 0 Å². The highest BCUT2D eigenvalue weighted by atomic mass is 16.1. The molecule has 0 aliphatic rings. The summed E-state index contributed by atoms with van der Waals surface area (Å²) in [4.78, 5) is 27.1. The molecule has 0 saturated heterocycles. The number of hydrogen-bond acceptors (Lipinski definition) is 5. The van der Waals surface area contributed by atoms with E-state index in [0.29, 0.717) is 11.5 Å². The highest BCUT2D eigenvalue weighted by molar-refractivity contribution is 6.04. The SMILES string of the molecule is Cc1cccc(NC(=O)c2cnc(N(C)CCc3ccncc3)nc2)c1C. The first-order chi connectivity index (χ1) is 13.0. The van der Waals surface area contributed by atoms with Gasteiger partial charge in [-0.15, -0.1) is 0 Å². The van der Waals surface area contributed by atoms with Crippen LogP contribution in [-0.4, -0.2) is 34.5 Å². The third-order valence-electron chi connectivity index (χ3n) is 4.58. The van der Waals surface area contributed by atoms with Crippen molar-refractivity contribution in [3.05, 3.63) is 77.4 Å². The molecule has 1 aromatic carbocycles. The molecule has 2 aromatic heterocycles. The number of rotatable bonds is 6. The Morgan fingerprint density at radius 3 is 2.48 bits per heavy atom. The van der Waals surface area contributed by atoms with Crippen LogP contribution in [0.25, 0.3) is 0 Å². The molecule has 138 valence electrons. The average Bonchev–Trinajstić information content (AvgIpc) is 2.70. The van der Waals surface area contributed by atoms with Crippen LogP contribution in [0.5, 0.6) is 0 Å². The molecule has 0 spiro atoms. The largest absolute Gasteiger partial charge is 0.344 e. The van der Waals surface area contributed by atoms with Gasteiger partial charge in [0.1, 0.15) is 0 Å². The second kappa shape index (κ2) is 8.40. The van der Waals surface area contributed by atoms with Gasteiger partial charge in [0.05, 0.1) is 5.56 Å². The molecule has 1 amide bonds. The minimum absolute atomic E-state index is 0.213. The molecule has 27 heavy (non-hydrogen) atoms. The lowest BCUT2D eigenvalue weighted by atomic mass is 10.1. The Morgan fingerprint density at radius 1 is 1.07 bits per heavy atom. The summed E-state index contributed by atoms with van der Waals surface area (Å²) in [5.41, 5.74) is 4.64. The predicted octanol–water partition coefficient (Wildman–Crippen LogP) is 3.42. The summed E-state index contributed by atoms with van der Waals surface area (Å²) in [6.45, 7) is 4.78. The van der Waals surface area contributed by atoms with Gasteiger partial charge in [-0.05, 0) is 55.2 Å². The van der Waals surface area contributed by atoms with Crippen molar-refractivity contribution in [1.29, 1.82) is 0 Å². The molecule has 2 heterocycles.